The third-order valence-corrected chi connectivity index (χ3v) is 4.04. The summed E-state index contributed by atoms with van der Waals surface area (Å²) in [5, 5.41) is 0. The fourth-order valence-electron chi connectivity index (χ4n) is 1.51. The quantitative estimate of drug-likeness (QED) is 0.751. The van der Waals surface area contributed by atoms with E-state index >= 15 is 0 Å². The third kappa shape index (κ3) is 2.42. The average molecular weight is 216 g/mol. The summed E-state index contributed by atoms with van der Waals surface area (Å²) < 4.78 is 0. The SMILES string of the molecule is CCC(C)(N)C(=O)N1CCSCC1C. The van der Waals surface area contributed by atoms with Gasteiger partial charge in [-0.05, 0) is 20.3 Å². The molecule has 0 spiro atoms. The largest absolute Gasteiger partial charge is 0.337 e. The molecular weight excluding hydrogens is 196 g/mol. The van der Waals surface area contributed by atoms with Crippen LogP contribution in [-0.2, 0) is 4.79 Å². The third-order valence-electron chi connectivity index (χ3n) is 2.85. The van der Waals surface area contributed by atoms with Gasteiger partial charge >= 0.3 is 0 Å². The number of nitrogens with two attached hydrogens (primary N) is 1. The highest BCUT2D eigenvalue weighted by Gasteiger charge is 2.34. The van der Waals surface area contributed by atoms with E-state index in [2.05, 4.69) is 6.92 Å². The van der Waals surface area contributed by atoms with E-state index in [1.165, 1.54) is 0 Å². The monoisotopic (exact) mass is 216 g/mol. The Hall–Kier alpha value is -0.220. The van der Waals surface area contributed by atoms with E-state index in [0.717, 1.165) is 18.1 Å². The standard InChI is InChI=1S/C10H20N2OS/c1-4-10(3,11)9(13)12-5-6-14-7-8(12)2/h8H,4-7,11H2,1-3H3. The highest BCUT2D eigenvalue weighted by molar-refractivity contribution is 7.99. The van der Waals surface area contributed by atoms with Gasteiger partial charge in [-0.3, -0.25) is 4.79 Å². The Kier molecular flexibility index (Phi) is 3.84. The van der Waals surface area contributed by atoms with Crippen molar-refractivity contribution in [2.45, 2.75) is 38.8 Å². The molecule has 0 aliphatic carbocycles. The predicted molar refractivity (Wildman–Crippen MR) is 61.4 cm³/mol. The molecule has 1 aliphatic heterocycles. The van der Waals surface area contributed by atoms with Gasteiger partial charge in [0.15, 0.2) is 0 Å². The molecule has 2 atom stereocenters. The molecule has 82 valence electrons. The van der Waals surface area contributed by atoms with Gasteiger partial charge in [0.1, 0.15) is 0 Å². The van der Waals surface area contributed by atoms with Crippen LogP contribution in [0.4, 0.5) is 0 Å². The molecular formula is C10H20N2OS. The second-order valence-electron chi connectivity index (χ2n) is 4.19. The number of hydrogen-bond donors (Lipinski definition) is 1. The lowest BCUT2D eigenvalue weighted by molar-refractivity contribution is -0.138. The summed E-state index contributed by atoms with van der Waals surface area (Å²) in [5.41, 5.74) is 5.27. The van der Waals surface area contributed by atoms with Crippen molar-refractivity contribution in [3.8, 4) is 0 Å². The summed E-state index contributed by atoms with van der Waals surface area (Å²) in [7, 11) is 0. The minimum absolute atomic E-state index is 0.104. The summed E-state index contributed by atoms with van der Waals surface area (Å²) in [5.74, 6) is 2.18. The zero-order valence-electron chi connectivity index (χ0n) is 9.25. The zero-order chi connectivity index (χ0) is 10.8. The van der Waals surface area contributed by atoms with Gasteiger partial charge in [-0.2, -0.15) is 11.8 Å². The van der Waals surface area contributed by atoms with Gasteiger partial charge in [0.25, 0.3) is 0 Å². The summed E-state index contributed by atoms with van der Waals surface area (Å²) in [4.78, 5) is 14.0. The van der Waals surface area contributed by atoms with Gasteiger partial charge in [0, 0.05) is 24.1 Å². The van der Waals surface area contributed by atoms with Crippen LogP contribution in [0, 0.1) is 0 Å². The van der Waals surface area contributed by atoms with Gasteiger partial charge in [-0.1, -0.05) is 6.92 Å². The number of hydrogen-bond acceptors (Lipinski definition) is 3. The molecule has 1 amide bonds. The van der Waals surface area contributed by atoms with Crippen LogP contribution in [0.5, 0.6) is 0 Å². The Bertz CT molecular complexity index is 218. The fourth-order valence-corrected chi connectivity index (χ4v) is 2.52. The maximum Gasteiger partial charge on any atom is 0.242 e. The van der Waals surface area contributed by atoms with Crippen LogP contribution in [0.1, 0.15) is 27.2 Å². The Balaban J connectivity index is 2.67. The topological polar surface area (TPSA) is 46.3 Å². The lowest BCUT2D eigenvalue weighted by atomic mass is 9.98. The molecule has 2 N–H and O–H groups in total. The molecule has 3 nitrogen and oxygen atoms in total. The van der Waals surface area contributed by atoms with E-state index in [9.17, 15) is 4.79 Å². The Morgan fingerprint density at radius 2 is 2.36 bits per heavy atom. The first-order chi connectivity index (χ1) is 6.49. The number of carbonyl (C=O) groups is 1. The smallest absolute Gasteiger partial charge is 0.242 e. The lowest BCUT2D eigenvalue weighted by Crippen LogP contribution is -2.57. The first-order valence-electron chi connectivity index (χ1n) is 5.16. The molecule has 1 fully saturated rings. The van der Waals surface area contributed by atoms with Crippen LogP contribution in [0.25, 0.3) is 0 Å². The van der Waals surface area contributed by atoms with Crippen molar-refractivity contribution in [3.63, 3.8) is 0 Å². The molecule has 0 radical (unpaired) electrons. The predicted octanol–water partition coefficient (Wildman–Crippen LogP) is 1.08. The van der Waals surface area contributed by atoms with Crippen LogP contribution >= 0.6 is 11.8 Å². The summed E-state index contributed by atoms with van der Waals surface area (Å²) in [6, 6.07) is 0.329. The number of nitrogens with zero attached hydrogens (tertiary/aromatic N) is 1. The van der Waals surface area contributed by atoms with Crippen LogP contribution in [0.15, 0.2) is 0 Å². The van der Waals surface area contributed by atoms with E-state index in [4.69, 9.17) is 5.73 Å². The average Bonchev–Trinajstić information content (AvgIpc) is 2.17. The number of amides is 1. The first-order valence-corrected chi connectivity index (χ1v) is 6.32. The van der Waals surface area contributed by atoms with E-state index in [1.807, 2.05) is 30.5 Å². The van der Waals surface area contributed by atoms with Gasteiger partial charge in [-0.25, -0.2) is 0 Å². The van der Waals surface area contributed by atoms with Gasteiger partial charge in [0.05, 0.1) is 5.54 Å². The molecule has 0 saturated carbocycles. The molecule has 0 aromatic heterocycles. The molecule has 1 saturated heterocycles. The first kappa shape index (κ1) is 11.9. The molecule has 0 aromatic rings. The summed E-state index contributed by atoms with van der Waals surface area (Å²) in [6.07, 6.45) is 0.697. The Labute approximate surface area is 90.4 Å². The molecule has 4 heteroatoms. The molecule has 2 unspecified atom stereocenters. The molecule has 1 heterocycles. The molecule has 1 rings (SSSR count). The van der Waals surface area contributed by atoms with Crippen LogP contribution in [0.2, 0.25) is 0 Å². The highest BCUT2D eigenvalue weighted by atomic mass is 32.2. The highest BCUT2D eigenvalue weighted by Crippen LogP contribution is 2.20. The van der Waals surface area contributed by atoms with E-state index in [-0.39, 0.29) is 5.91 Å². The van der Waals surface area contributed by atoms with Crippen LogP contribution in [-0.4, -0.2) is 40.4 Å². The molecule has 14 heavy (non-hydrogen) atoms. The summed E-state index contributed by atoms with van der Waals surface area (Å²) in [6.45, 7) is 6.72. The minimum atomic E-state index is -0.684. The summed E-state index contributed by atoms with van der Waals surface area (Å²) >= 11 is 1.91. The lowest BCUT2D eigenvalue weighted by Gasteiger charge is -2.38. The van der Waals surface area contributed by atoms with Crippen molar-refractivity contribution in [3.05, 3.63) is 0 Å². The molecule has 0 aromatic carbocycles. The van der Waals surface area contributed by atoms with Crippen LogP contribution in [0.3, 0.4) is 0 Å². The van der Waals surface area contributed by atoms with Crippen molar-refractivity contribution in [2.24, 2.45) is 5.73 Å². The normalized spacial score (nSPS) is 27.1. The maximum atomic E-state index is 12.1. The van der Waals surface area contributed by atoms with Gasteiger partial charge in [-0.15, -0.1) is 0 Å². The van der Waals surface area contributed by atoms with Crippen LogP contribution < -0.4 is 5.73 Å². The zero-order valence-corrected chi connectivity index (χ0v) is 10.1. The molecule has 0 bridgehead atoms. The van der Waals surface area contributed by atoms with Crippen molar-refractivity contribution in [1.82, 2.24) is 4.90 Å². The van der Waals surface area contributed by atoms with Gasteiger partial charge in [0.2, 0.25) is 5.91 Å². The van der Waals surface area contributed by atoms with Crippen molar-refractivity contribution >= 4 is 17.7 Å². The number of rotatable bonds is 2. The van der Waals surface area contributed by atoms with E-state index in [1.54, 1.807) is 0 Å². The van der Waals surface area contributed by atoms with Crippen molar-refractivity contribution in [1.29, 1.82) is 0 Å². The fraction of sp³-hybridized carbons (Fsp3) is 0.900. The maximum absolute atomic E-state index is 12.1. The second kappa shape index (κ2) is 4.53. The minimum Gasteiger partial charge on any atom is -0.337 e. The number of carbonyl (C=O) groups excluding carboxylic acids is 1. The molecule has 1 aliphatic rings. The second-order valence-corrected chi connectivity index (χ2v) is 5.34. The Morgan fingerprint density at radius 3 is 2.86 bits per heavy atom. The van der Waals surface area contributed by atoms with E-state index in [0.29, 0.717) is 12.5 Å². The Morgan fingerprint density at radius 1 is 1.71 bits per heavy atom. The van der Waals surface area contributed by atoms with E-state index < -0.39 is 5.54 Å². The van der Waals surface area contributed by atoms with Crippen molar-refractivity contribution < 1.29 is 4.79 Å². The number of thioether (sulfide) groups is 1. The van der Waals surface area contributed by atoms with Gasteiger partial charge < -0.3 is 10.6 Å². The van der Waals surface area contributed by atoms with Crippen molar-refractivity contribution in [2.75, 3.05) is 18.1 Å².